The smallest absolute Gasteiger partial charge is 0.410 e. The Hall–Kier alpha value is -3.95. The van der Waals surface area contributed by atoms with Gasteiger partial charge in [0, 0.05) is 43.4 Å². The Morgan fingerprint density at radius 2 is 1.75 bits per heavy atom. The lowest BCUT2D eigenvalue weighted by Gasteiger charge is -2.37. The maximum absolute atomic E-state index is 12.8. The molecule has 3 aromatic rings. The van der Waals surface area contributed by atoms with Crippen molar-refractivity contribution >= 4 is 17.7 Å². The van der Waals surface area contributed by atoms with Gasteiger partial charge in [-0.2, -0.15) is 4.98 Å². The highest BCUT2D eigenvalue weighted by Gasteiger charge is 2.28. The summed E-state index contributed by atoms with van der Waals surface area (Å²) < 4.78 is 10.8. The normalized spacial score (nSPS) is 15.1. The van der Waals surface area contributed by atoms with Crippen LogP contribution < -0.4 is 10.2 Å². The van der Waals surface area contributed by atoms with Gasteiger partial charge in [0.1, 0.15) is 5.60 Å². The molecule has 0 radical (unpaired) electrons. The molecule has 1 aliphatic heterocycles. The molecule has 3 heterocycles. The molecule has 10 nitrogen and oxygen atoms in total. The van der Waals surface area contributed by atoms with Gasteiger partial charge >= 0.3 is 6.09 Å². The molecular weight excluding hydrogens is 508 g/mol. The minimum Gasteiger partial charge on any atom is -0.444 e. The van der Waals surface area contributed by atoms with E-state index in [1.54, 1.807) is 11.1 Å². The van der Waals surface area contributed by atoms with Crippen LogP contribution in [0, 0.1) is 6.92 Å². The maximum atomic E-state index is 12.8. The zero-order chi connectivity index (χ0) is 29.2. The molecule has 1 N–H and O–H groups in total. The fourth-order valence-corrected chi connectivity index (χ4v) is 4.63. The molecule has 40 heavy (non-hydrogen) atoms. The van der Waals surface area contributed by atoms with Gasteiger partial charge in [0.05, 0.1) is 17.9 Å². The van der Waals surface area contributed by atoms with Gasteiger partial charge in [0.25, 0.3) is 11.7 Å². The first-order chi connectivity index (χ1) is 18.7. The number of aromatic nitrogens is 3. The van der Waals surface area contributed by atoms with E-state index in [-0.39, 0.29) is 29.3 Å². The van der Waals surface area contributed by atoms with Gasteiger partial charge in [0.15, 0.2) is 0 Å². The summed E-state index contributed by atoms with van der Waals surface area (Å²) >= 11 is 0. The average molecular weight is 549 g/mol. The molecule has 1 atom stereocenters. The highest BCUT2D eigenvalue weighted by Crippen LogP contribution is 2.33. The fraction of sp³-hybridized carbons (Fsp3) is 0.500. The van der Waals surface area contributed by atoms with Gasteiger partial charge in [-0.05, 0) is 57.4 Å². The summed E-state index contributed by atoms with van der Waals surface area (Å²) in [7, 11) is 0. The summed E-state index contributed by atoms with van der Waals surface area (Å²) in [6.07, 6.45) is 3.39. The predicted molar refractivity (Wildman–Crippen MR) is 153 cm³/mol. The second kappa shape index (κ2) is 11.3. The lowest BCUT2D eigenvalue weighted by atomic mass is 9.96. The summed E-state index contributed by atoms with van der Waals surface area (Å²) in [5.41, 5.74) is 4.34. The van der Waals surface area contributed by atoms with Crippen molar-refractivity contribution in [1.82, 2.24) is 25.3 Å². The molecule has 0 unspecified atom stereocenters. The number of aryl methyl sites for hydroxylation is 1. The molecule has 0 bridgehead atoms. The van der Waals surface area contributed by atoms with Crippen molar-refractivity contribution in [2.24, 2.45) is 0 Å². The Morgan fingerprint density at radius 1 is 1.05 bits per heavy atom. The number of amides is 2. The van der Waals surface area contributed by atoms with Crippen molar-refractivity contribution in [2.45, 2.75) is 72.4 Å². The SMILES string of the molecule is Cc1cc(-c2ccncc2N2CCN(C(=O)OC(C)(C)C)CC2)ccc1[C@@H](C)NC(=O)c1noc(C(C)(C)C)n1. The van der Waals surface area contributed by atoms with Crippen molar-refractivity contribution in [1.29, 1.82) is 0 Å². The van der Waals surface area contributed by atoms with E-state index in [2.05, 4.69) is 37.5 Å². The van der Waals surface area contributed by atoms with Gasteiger partial charge < -0.3 is 24.4 Å². The Morgan fingerprint density at radius 3 is 2.35 bits per heavy atom. The van der Waals surface area contributed by atoms with Crippen LogP contribution in [-0.2, 0) is 10.2 Å². The van der Waals surface area contributed by atoms with E-state index in [0.29, 0.717) is 32.1 Å². The summed E-state index contributed by atoms with van der Waals surface area (Å²) in [5.74, 6) is 0.0710. The number of benzene rings is 1. The van der Waals surface area contributed by atoms with Crippen LogP contribution >= 0.6 is 0 Å². The Labute approximate surface area is 236 Å². The number of hydrogen-bond donors (Lipinski definition) is 1. The number of carbonyl (C=O) groups excluding carboxylic acids is 2. The number of ether oxygens (including phenoxy) is 1. The van der Waals surface area contributed by atoms with Crippen molar-refractivity contribution < 1.29 is 18.8 Å². The second-order valence-electron chi connectivity index (χ2n) is 12.3. The quantitative estimate of drug-likeness (QED) is 0.458. The van der Waals surface area contributed by atoms with Crippen molar-refractivity contribution in [3.63, 3.8) is 0 Å². The number of pyridine rings is 1. The van der Waals surface area contributed by atoms with Gasteiger partial charge in [-0.25, -0.2) is 4.79 Å². The standard InChI is InChI=1S/C30H40N6O4/c1-19-17-21(9-10-22(19)20(2)32-26(37)25-33-27(40-34-25)29(3,4)5)23-11-12-31-18-24(23)35-13-15-36(16-14-35)28(38)39-30(6,7)8/h9-12,17-18,20H,13-16H2,1-8H3,(H,32,37)/t20-/m1/s1. The average Bonchev–Trinajstić information content (AvgIpc) is 3.39. The highest BCUT2D eigenvalue weighted by atomic mass is 16.6. The topological polar surface area (TPSA) is 114 Å². The molecule has 1 saturated heterocycles. The van der Waals surface area contributed by atoms with E-state index < -0.39 is 5.60 Å². The molecular formula is C30H40N6O4. The van der Waals surface area contributed by atoms with Gasteiger partial charge in [0.2, 0.25) is 5.89 Å². The van der Waals surface area contributed by atoms with E-state index in [4.69, 9.17) is 9.26 Å². The molecule has 0 spiro atoms. The van der Waals surface area contributed by atoms with Crippen LogP contribution in [-0.4, -0.2) is 63.8 Å². The van der Waals surface area contributed by atoms with Crippen molar-refractivity contribution in [2.75, 3.05) is 31.1 Å². The number of carbonyl (C=O) groups is 2. The van der Waals surface area contributed by atoms with Gasteiger partial charge in [-0.3, -0.25) is 9.78 Å². The Kier molecular flexibility index (Phi) is 8.18. The second-order valence-corrected chi connectivity index (χ2v) is 12.3. The summed E-state index contributed by atoms with van der Waals surface area (Å²) in [6, 6.07) is 7.98. The molecule has 10 heteroatoms. The van der Waals surface area contributed by atoms with Crippen LogP contribution in [0.4, 0.5) is 10.5 Å². The minimum absolute atomic E-state index is 0.0271. The van der Waals surface area contributed by atoms with Gasteiger partial charge in [-0.1, -0.05) is 44.1 Å². The van der Waals surface area contributed by atoms with Crippen LogP contribution in [0.25, 0.3) is 11.1 Å². The number of anilines is 1. The van der Waals surface area contributed by atoms with Crippen molar-refractivity contribution in [3.8, 4) is 11.1 Å². The molecule has 1 aliphatic rings. The van der Waals surface area contributed by atoms with E-state index in [0.717, 1.165) is 27.9 Å². The third-order valence-corrected chi connectivity index (χ3v) is 6.74. The Balaban J connectivity index is 1.46. The zero-order valence-electron chi connectivity index (χ0n) is 24.7. The maximum Gasteiger partial charge on any atom is 0.410 e. The first-order valence-electron chi connectivity index (χ1n) is 13.7. The number of piperazine rings is 1. The summed E-state index contributed by atoms with van der Waals surface area (Å²) in [5, 5.41) is 6.84. The van der Waals surface area contributed by atoms with E-state index in [9.17, 15) is 9.59 Å². The first kappa shape index (κ1) is 29.0. The number of nitrogens with one attached hydrogen (secondary N) is 1. The molecule has 4 rings (SSSR count). The number of rotatable bonds is 5. The zero-order valence-corrected chi connectivity index (χ0v) is 24.7. The Bertz CT molecular complexity index is 1360. The molecule has 0 saturated carbocycles. The predicted octanol–water partition coefficient (Wildman–Crippen LogP) is 5.29. The molecule has 0 aliphatic carbocycles. The van der Waals surface area contributed by atoms with Gasteiger partial charge in [-0.15, -0.1) is 0 Å². The van der Waals surface area contributed by atoms with Crippen molar-refractivity contribution in [3.05, 3.63) is 59.5 Å². The largest absolute Gasteiger partial charge is 0.444 e. The van der Waals surface area contributed by atoms with Crippen LogP contribution in [0.15, 0.2) is 41.2 Å². The first-order valence-corrected chi connectivity index (χ1v) is 13.7. The lowest BCUT2D eigenvalue weighted by Crippen LogP contribution is -2.50. The third-order valence-electron chi connectivity index (χ3n) is 6.74. The van der Waals surface area contributed by atoms with Crippen LogP contribution in [0.3, 0.4) is 0 Å². The molecule has 214 valence electrons. The molecule has 2 aromatic heterocycles. The summed E-state index contributed by atoms with van der Waals surface area (Å²) in [4.78, 5) is 37.9. The fourth-order valence-electron chi connectivity index (χ4n) is 4.63. The molecule has 1 aromatic carbocycles. The molecule has 1 fully saturated rings. The summed E-state index contributed by atoms with van der Waals surface area (Å²) in [6.45, 7) is 18.0. The van der Waals surface area contributed by atoms with E-state index in [1.807, 2.05) is 73.7 Å². The lowest BCUT2D eigenvalue weighted by molar-refractivity contribution is 0.0240. The van der Waals surface area contributed by atoms with Crippen LogP contribution in [0.2, 0.25) is 0 Å². The van der Waals surface area contributed by atoms with Crippen LogP contribution in [0.5, 0.6) is 0 Å². The monoisotopic (exact) mass is 548 g/mol. The minimum atomic E-state index is -0.516. The molecule has 2 amide bonds. The highest BCUT2D eigenvalue weighted by molar-refractivity contribution is 5.90. The number of hydrogen-bond acceptors (Lipinski definition) is 8. The third kappa shape index (κ3) is 6.78. The number of nitrogens with zero attached hydrogens (tertiary/aromatic N) is 5. The van der Waals surface area contributed by atoms with Crippen LogP contribution in [0.1, 0.15) is 82.1 Å². The van der Waals surface area contributed by atoms with E-state index in [1.165, 1.54) is 0 Å². The van der Waals surface area contributed by atoms with E-state index >= 15 is 0 Å².